The first kappa shape index (κ1) is 23.0. The summed E-state index contributed by atoms with van der Waals surface area (Å²) in [7, 11) is 0. The predicted octanol–water partition coefficient (Wildman–Crippen LogP) is 3.87. The van der Waals surface area contributed by atoms with Crippen LogP contribution < -0.4 is 20.5 Å². The maximum atomic E-state index is 12.6. The largest absolute Gasteiger partial charge is 0.490 e. The van der Waals surface area contributed by atoms with E-state index in [4.69, 9.17) is 31.9 Å². The lowest BCUT2D eigenvalue weighted by Crippen LogP contribution is -2.20. The van der Waals surface area contributed by atoms with Crippen LogP contribution in [0.4, 0.5) is 5.82 Å². The van der Waals surface area contributed by atoms with Gasteiger partial charge in [-0.05, 0) is 55.8 Å². The highest BCUT2D eigenvalue weighted by atomic mass is 35.5. The SMILES string of the molecule is CCOc1cc([C@H]2SCC(=O)Nc3c2c(C)nn3-c2ccc(Cl)cc2)ccc1OCC(N)=O. The Morgan fingerprint density at radius 2 is 2.00 bits per heavy atom. The highest BCUT2D eigenvalue weighted by molar-refractivity contribution is 8.00. The molecule has 0 saturated carbocycles. The van der Waals surface area contributed by atoms with Gasteiger partial charge >= 0.3 is 0 Å². The van der Waals surface area contributed by atoms with Gasteiger partial charge in [-0.25, -0.2) is 4.68 Å². The van der Waals surface area contributed by atoms with Crippen molar-refractivity contribution in [3.05, 3.63) is 64.3 Å². The monoisotopic (exact) mass is 486 g/mol. The van der Waals surface area contributed by atoms with Crippen molar-refractivity contribution in [3.8, 4) is 17.2 Å². The lowest BCUT2D eigenvalue weighted by Gasteiger charge is -2.18. The van der Waals surface area contributed by atoms with E-state index in [-0.39, 0.29) is 23.5 Å². The third kappa shape index (κ3) is 4.94. The molecule has 172 valence electrons. The molecular weight excluding hydrogens is 464 g/mol. The van der Waals surface area contributed by atoms with E-state index in [1.54, 1.807) is 22.9 Å². The van der Waals surface area contributed by atoms with Gasteiger partial charge in [-0.1, -0.05) is 17.7 Å². The number of halogens is 1. The number of amides is 2. The van der Waals surface area contributed by atoms with Crippen LogP contribution in [-0.2, 0) is 9.59 Å². The molecule has 1 atom stereocenters. The van der Waals surface area contributed by atoms with Crippen LogP contribution in [0.2, 0.25) is 5.02 Å². The first-order chi connectivity index (χ1) is 15.9. The van der Waals surface area contributed by atoms with Gasteiger partial charge in [0.2, 0.25) is 5.91 Å². The van der Waals surface area contributed by atoms with Crippen molar-refractivity contribution < 1.29 is 19.1 Å². The molecule has 3 N–H and O–H groups in total. The normalized spacial score (nSPS) is 15.4. The van der Waals surface area contributed by atoms with E-state index in [0.717, 1.165) is 22.5 Å². The van der Waals surface area contributed by atoms with Gasteiger partial charge in [-0.2, -0.15) is 5.10 Å². The van der Waals surface area contributed by atoms with Crippen molar-refractivity contribution in [1.29, 1.82) is 0 Å². The molecule has 1 aromatic heterocycles. The number of nitrogens with two attached hydrogens (primary N) is 1. The van der Waals surface area contributed by atoms with Crippen LogP contribution in [0.3, 0.4) is 0 Å². The summed E-state index contributed by atoms with van der Waals surface area (Å²) in [5, 5.41) is 8.16. The molecule has 4 rings (SSSR count). The molecule has 0 saturated heterocycles. The first-order valence-corrected chi connectivity index (χ1v) is 11.7. The Bertz CT molecular complexity index is 1200. The fourth-order valence-corrected chi connectivity index (χ4v) is 4.94. The zero-order chi connectivity index (χ0) is 23.5. The molecule has 0 spiro atoms. The van der Waals surface area contributed by atoms with E-state index < -0.39 is 5.91 Å². The van der Waals surface area contributed by atoms with E-state index in [9.17, 15) is 9.59 Å². The first-order valence-electron chi connectivity index (χ1n) is 10.3. The molecule has 8 nitrogen and oxygen atoms in total. The number of fused-ring (bicyclic) bond motifs is 1. The molecule has 0 unspecified atom stereocenters. The number of nitrogens with one attached hydrogen (secondary N) is 1. The lowest BCUT2D eigenvalue weighted by molar-refractivity contribution is -0.120. The van der Waals surface area contributed by atoms with E-state index in [1.165, 1.54) is 11.8 Å². The van der Waals surface area contributed by atoms with Gasteiger partial charge in [0.15, 0.2) is 18.1 Å². The molecule has 0 radical (unpaired) electrons. The number of carbonyl (C=O) groups is 2. The van der Waals surface area contributed by atoms with E-state index in [2.05, 4.69) is 5.32 Å². The van der Waals surface area contributed by atoms with E-state index in [1.807, 2.05) is 38.1 Å². The number of primary amides is 1. The number of aromatic nitrogens is 2. The molecule has 0 aliphatic carbocycles. The molecule has 10 heteroatoms. The molecule has 33 heavy (non-hydrogen) atoms. The Hall–Kier alpha value is -3.17. The average molecular weight is 487 g/mol. The van der Waals surface area contributed by atoms with Crippen LogP contribution in [0.15, 0.2) is 42.5 Å². The summed E-state index contributed by atoms with van der Waals surface area (Å²) in [6.45, 7) is 3.97. The number of aryl methyl sites for hydroxylation is 1. The summed E-state index contributed by atoms with van der Waals surface area (Å²) in [5.74, 6) is 1.17. The zero-order valence-corrected chi connectivity index (χ0v) is 19.7. The quantitative estimate of drug-likeness (QED) is 0.524. The summed E-state index contributed by atoms with van der Waals surface area (Å²) in [4.78, 5) is 23.7. The summed E-state index contributed by atoms with van der Waals surface area (Å²) in [6.07, 6.45) is 0. The van der Waals surface area contributed by atoms with Crippen molar-refractivity contribution in [1.82, 2.24) is 9.78 Å². The van der Waals surface area contributed by atoms with Gasteiger partial charge in [0, 0.05) is 10.6 Å². The number of nitrogens with zero attached hydrogens (tertiary/aromatic N) is 2. The van der Waals surface area contributed by atoms with Gasteiger partial charge in [0.05, 0.1) is 29.0 Å². The van der Waals surface area contributed by atoms with Crippen LogP contribution in [0.25, 0.3) is 5.69 Å². The third-order valence-corrected chi connectivity index (χ3v) is 6.54. The van der Waals surface area contributed by atoms with Gasteiger partial charge in [0.25, 0.3) is 5.91 Å². The molecular formula is C23H23ClN4O4S. The third-order valence-electron chi connectivity index (χ3n) is 5.02. The standard InChI is InChI=1S/C23H23ClN4O4S/c1-3-31-18-10-14(4-9-17(18)32-11-19(25)29)22-21-13(2)27-28(16-7-5-15(24)6-8-16)23(21)26-20(30)12-33-22/h4-10,22H,3,11-12H2,1-2H3,(H2,25,29)(H,26,30)/t22-/m1/s1. The van der Waals surface area contributed by atoms with Crippen molar-refractivity contribution in [2.45, 2.75) is 19.1 Å². The number of benzene rings is 2. The maximum Gasteiger partial charge on any atom is 0.255 e. The highest BCUT2D eigenvalue weighted by Crippen LogP contribution is 2.45. The second kappa shape index (κ2) is 9.76. The molecule has 2 heterocycles. The molecule has 0 bridgehead atoms. The zero-order valence-electron chi connectivity index (χ0n) is 18.1. The smallest absolute Gasteiger partial charge is 0.255 e. The van der Waals surface area contributed by atoms with Gasteiger partial charge in [-0.15, -0.1) is 11.8 Å². The summed E-state index contributed by atoms with van der Waals surface area (Å²) < 4.78 is 13.0. The van der Waals surface area contributed by atoms with Gasteiger partial charge in [0.1, 0.15) is 5.82 Å². The van der Waals surface area contributed by atoms with Crippen LogP contribution >= 0.6 is 23.4 Å². The lowest BCUT2D eigenvalue weighted by atomic mass is 10.0. The Labute approximate surface area is 200 Å². The fourth-order valence-electron chi connectivity index (χ4n) is 3.64. The van der Waals surface area contributed by atoms with Crippen molar-refractivity contribution in [2.75, 3.05) is 24.3 Å². The number of thioether (sulfide) groups is 1. The molecule has 2 amide bonds. The number of hydrogen-bond acceptors (Lipinski definition) is 6. The fraction of sp³-hybridized carbons (Fsp3) is 0.261. The molecule has 3 aromatic rings. The predicted molar refractivity (Wildman–Crippen MR) is 129 cm³/mol. The summed E-state index contributed by atoms with van der Waals surface area (Å²) in [6, 6.07) is 12.8. The minimum Gasteiger partial charge on any atom is -0.490 e. The second-order valence-corrected chi connectivity index (χ2v) is 8.90. The Morgan fingerprint density at radius 1 is 1.24 bits per heavy atom. The number of anilines is 1. The Kier molecular flexibility index (Phi) is 6.80. The molecule has 1 aliphatic rings. The summed E-state index contributed by atoms with van der Waals surface area (Å²) in [5.41, 5.74) is 8.63. The van der Waals surface area contributed by atoms with Crippen molar-refractivity contribution in [2.24, 2.45) is 5.73 Å². The number of hydrogen-bond donors (Lipinski definition) is 2. The number of ether oxygens (including phenoxy) is 2. The van der Waals surface area contributed by atoms with E-state index in [0.29, 0.717) is 28.9 Å². The molecule has 2 aromatic carbocycles. The summed E-state index contributed by atoms with van der Waals surface area (Å²) >= 11 is 7.55. The van der Waals surface area contributed by atoms with E-state index >= 15 is 0 Å². The second-order valence-electron chi connectivity index (χ2n) is 7.37. The topological polar surface area (TPSA) is 108 Å². The minimum atomic E-state index is -0.569. The highest BCUT2D eigenvalue weighted by Gasteiger charge is 2.31. The Morgan fingerprint density at radius 3 is 2.70 bits per heavy atom. The maximum absolute atomic E-state index is 12.6. The van der Waals surface area contributed by atoms with Crippen LogP contribution in [0, 0.1) is 6.92 Å². The molecule has 1 aliphatic heterocycles. The van der Waals surface area contributed by atoms with Crippen LogP contribution in [0.1, 0.15) is 29.0 Å². The van der Waals surface area contributed by atoms with Crippen molar-refractivity contribution in [3.63, 3.8) is 0 Å². The minimum absolute atomic E-state index is 0.106. The van der Waals surface area contributed by atoms with Crippen LogP contribution in [-0.4, -0.2) is 40.6 Å². The molecule has 0 fully saturated rings. The number of rotatable bonds is 7. The van der Waals surface area contributed by atoms with Crippen molar-refractivity contribution >= 4 is 41.0 Å². The number of carbonyl (C=O) groups excluding carboxylic acids is 2. The van der Waals surface area contributed by atoms with Crippen LogP contribution in [0.5, 0.6) is 11.5 Å². The average Bonchev–Trinajstić information content (AvgIpc) is 2.98. The van der Waals surface area contributed by atoms with Gasteiger partial charge < -0.3 is 20.5 Å². The van der Waals surface area contributed by atoms with Gasteiger partial charge in [-0.3, -0.25) is 9.59 Å². The Balaban J connectivity index is 1.78.